The maximum atomic E-state index is 13.5. The number of aliphatic hydroxyl groups excluding tert-OH is 1. The second kappa shape index (κ2) is 6.08. The summed E-state index contributed by atoms with van der Waals surface area (Å²) >= 11 is 0. The molecule has 104 valence electrons. The van der Waals surface area contributed by atoms with Crippen molar-refractivity contribution >= 4 is 5.69 Å². The van der Waals surface area contributed by atoms with Crippen molar-refractivity contribution in [3.8, 4) is 0 Å². The zero-order valence-electron chi connectivity index (χ0n) is 10.6. The van der Waals surface area contributed by atoms with Crippen molar-refractivity contribution in [2.75, 3.05) is 13.2 Å². The number of aliphatic hydroxyl groups is 1. The Bertz CT molecular complexity index is 467. The van der Waals surface area contributed by atoms with Gasteiger partial charge in [0.1, 0.15) is 0 Å². The number of likely N-dealkylation sites (tertiary alicyclic amines) is 1. The molecule has 6 heteroatoms. The van der Waals surface area contributed by atoms with Crippen molar-refractivity contribution in [1.29, 1.82) is 0 Å². The number of halogens is 1. The molecule has 1 unspecified atom stereocenters. The lowest BCUT2D eigenvalue weighted by atomic mass is 10.0. The third kappa shape index (κ3) is 3.27. The van der Waals surface area contributed by atoms with Crippen LogP contribution in [0.4, 0.5) is 10.1 Å². The van der Waals surface area contributed by atoms with Gasteiger partial charge >= 0.3 is 5.69 Å². The Hall–Kier alpha value is -1.53. The molecule has 2 rings (SSSR count). The van der Waals surface area contributed by atoms with E-state index >= 15 is 0 Å². The predicted molar refractivity (Wildman–Crippen MR) is 68.2 cm³/mol. The Morgan fingerprint density at radius 1 is 1.47 bits per heavy atom. The fourth-order valence-electron chi connectivity index (χ4n) is 2.51. The molecule has 0 radical (unpaired) electrons. The van der Waals surface area contributed by atoms with Crippen molar-refractivity contribution in [1.82, 2.24) is 4.90 Å². The smallest absolute Gasteiger partial charge is 0.304 e. The van der Waals surface area contributed by atoms with Crippen LogP contribution in [-0.2, 0) is 6.54 Å². The van der Waals surface area contributed by atoms with Crippen LogP contribution in [-0.4, -0.2) is 34.1 Å². The summed E-state index contributed by atoms with van der Waals surface area (Å²) in [6, 6.07) is 4.08. The Morgan fingerprint density at radius 2 is 2.26 bits per heavy atom. The first kappa shape index (κ1) is 13.9. The van der Waals surface area contributed by atoms with Crippen molar-refractivity contribution in [2.45, 2.75) is 31.8 Å². The van der Waals surface area contributed by atoms with Gasteiger partial charge in [-0.2, -0.15) is 4.39 Å². The molecular weight excluding hydrogens is 251 g/mol. The van der Waals surface area contributed by atoms with Gasteiger partial charge in [0.05, 0.1) is 11.5 Å². The zero-order chi connectivity index (χ0) is 13.8. The molecule has 0 spiro atoms. The van der Waals surface area contributed by atoms with Crippen LogP contribution in [0.3, 0.4) is 0 Å². The highest BCUT2D eigenvalue weighted by atomic mass is 19.1. The Kier molecular flexibility index (Phi) is 4.44. The van der Waals surface area contributed by atoms with E-state index in [4.69, 9.17) is 0 Å². The normalized spacial score (nSPS) is 20.4. The number of hydrogen-bond acceptors (Lipinski definition) is 4. The average Bonchev–Trinajstić information content (AvgIpc) is 2.39. The van der Waals surface area contributed by atoms with E-state index in [0.717, 1.165) is 25.8 Å². The first-order chi connectivity index (χ1) is 9.11. The summed E-state index contributed by atoms with van der Waals surface area (Å²) in [6.07, 6.45) is 3.09. The molecule has 19 heavy (non-hydrogen) atoms. The number of piperidine rings is 1. The van der Waals surface area contributed by atoms with Gasteiger partial charge in [0.25, 0.3) is 0 Å². The highest BCUT2D eigenvalue weighted by molar-refractivity contribution is 5.35. The van der Waals surface area contributed by atoms with Gasteiger partial charge in [-0.1, -0.05) is 12.5 Å². The van der Waals surface area contributed by atoms with Gasteiger partial charge in [0.15, 0.2) is 0 Å². The molecule has 1 aliphatic heterocycles. The van der Waals surface area contributed by atoms with E-state index in [9.17, 15) is 19.6 Å². The van der Waals surface area contributed by atoms with Gasteiger partial charge in [0, 0.05) is 18.7 Å². The van der Waals surface area contributed by atoms with Crippen LogP contribution < -0.4 is 0 Å². The van der Waals surface area contributed by atoms with Gasteiger partial charge < -0.3 is 5.11 Å². The van der Waals surface area contributed by atoms with Crippen LogP contribution in [0.5, 0.6) is 0 Å². The van der Waals surface area contributed by atoms with Gasteiger partial charge in [-0.25, -0.2) is 0 Å². The number of nitrogens with zero attached hydrogens (tertiary/aromatic N) is 2. The number of nitro groups is 1. The van der Waals surface area contributed by atoms with Crippen molar-refractivity contribution in [3.63, 3.8) is 0 Å². The first-order valence-electron chi connectivity index (χ1n) is 6.39. The lowest BCUT2D eigenvalue weighted by Crippen LogP contribution is -2.41. The topological polar surface area (TPSA) is 66.6 Å². The molecule has 1 aliphatic rings. The molecule has 1 saturated heterocycles. The lowest BCUT2D eigenvalue weighted by Gasteiger charge is -2.34. The van der Waals surface area contributed by atoms with Gasteiger partial charge in [-0.15, -0.1) is 0 Å². The number of benzene rings is 1. The Balaban J connectivity index is 2.10. The number of nitro benzene ring substituents is 1. The molecule has 0 bridgehead atoms. The highest BCUT2D eigenvalue weighted by Crippen LogP contribution is 2.22. The second-order valence-electron chi connectivity index (χ2n) is 4.85. The molecule has 1 atom stereocenters. The maximum absolute atomic E-state index is 13.5. The van der Waals surface area contributed by atoms with E-state index in [1.54, 1.807) is 6.07 Å². The molecule has 1 aromatic carbocycles. The molecule has 1 aromatic rings. The van der Waals surface area contributed by atoms with Crippen LogP contribution in [0, 0.1) is 15.9 Å². The minimum atomic E-state index is -0.806. The second-order valence-corrected chi connectivity index (χ2v) is 4.85. The molecule has 1 fully saturated rings. The molecular formula is C13H17FN2O3. The SMILES string of the molecule is O=[N+]([O-])c1ccc(CN2CCCCC2CO)cc1F. The molecule has 0 amide bonds. The average molecular weight is 268 g/mol. The summed E-state index contributed by atoms with van der Waals surface area (Å²) in [7, 11) is 0. The van der Waals surface area contributed by atoms with E-state index < -0.39 is 16.4 Å². The summed E-state index contributed by atoms with van der Waals surface area (Å²) in [5.41, 5.74) is 0.199. The summed E-state index contributed by atoms with van der Waals surface area (Å²) < 4.78 is 13.5. The van der Waals surface area contributed by atoms with E-state index in [1.807, 2.05) is 0 Å². The van der Waals surface area contributed by atoms with E-state index in [1.165, 1.54) is 12.1 Å². The zero-order valence-corrected chi connectivity index (χ0v) is 10.6. The van der Waals surface area contributed by atoms with Gasteiger partial charge in [-0.05, 0) is 31.0 Å². The van der Waals surface area contributed by atoms with Crippen LogP contribution >= 0.6 is 0 Å². The monoisotopic (exact) mass is 268 g/mol. The number of hydrogen-bond donors (Lipinski definition) is 1. The molecule has 0 saturated carbocycles. The summed E-state index contributed by atoms with van der Waals surface area (Å²) in [6.45, 7) is 1.47. The summed E-state index contributed by atoms with van der Waals surface area (Å²) in [4.78, 5) is 11.9. The van der Waals surface area contributed by atoms with E-state index in [-0.39, 0.29) is 12.6 Å². The largest absolute Gasteiger partial charge is 0.395 e. The van der Waals surface area contributed by atoms with Gasteiger partial charge in [-0.3, -0.25) is 15.0 Å². The molecule has 0 aliphatic carbocycles. The molecule has 5 nitrogen and oxygen atoms in total. The van der Waals surface area contributed by atoms with Crippen LogP contribution in [0.2, 0.25) is 0 Å². The fourth-order valence-corrected chi connectivity index (χ4v) is 2.51. The minimum absolute atomic E-state index is 0.0927. The van der Waals surface area contributed by atoms with Crippen LogP contribution in [0.15, 0.2) is 18.2 Å². The summed E-state index contributed by atoms with van der Waals surface area (Å²) in [5.74, 6) is -0.806. The Labute approximate surface area is 110 Å². The minimum Gasteiger partial charge on any atom is -0.395 e. The maximum Gasteiger partial charge on any atom is 0.304 e. The molecule has 1 heterocycles. The molecule has 1 N–H and O–H groups in total. The summed E-state index contributed by atoms with van der Waals surface area (Å²) in [5, 5.41) is 19.8. The fraction of sp³-hybridized carbons (Fsp3) is 0.538. The lowest BCUT2D eigenvalue weighted by molar-refractivity contribution is -0.387. The van der Waals surface area contributed by atoms with Crippen LogP contribution in [0.1, 0.15) is 24.8 Å². The van der Waals surface area contributed by atoms with Crippen molar-refractivity contribution in [3.05, 3.63) is 39.7 Å². The third-order valence-electron chi connectivity index (χ3n) is 3.55. The molecule has 0 aromatic heterocycles. The Morgan fingerprint density at radius 3 is 2.89 bits per heavy atom. The van der Waals surface area contributed by atoms with Crippen molar-refractivity contribution < 1.29 is 14.4 Å². The highest BCUT2D eigenvalue weighted by Gasteiger charge is 2.22. The third-order valence-corrected chi connectivity index (χ3v) is 3.55. The predicted octanol–water partition coefficient (Wildman–Crippen LogP) is 2.08. The quantitative estimate of drug-likeness (QED) is 0.670. The van der Waals surface area contributed by atoms with E-state index in [2.05, 4.69) is 4.90 Å². The standard InChI is InChI=1S/C13H17FN2O3/c14-12-7-10(4-5-13(12)16(18)19)8-15-6-2-1-3-11(15)9-17/h4-5,7,11,17H,1-3,6,8-9H2. The van der Waals surface area contributed by atoms with E-state index in [0.29, 0.717) is 12.1 Å². The van der Waals surface area contributed by atoms with Crippen LogP contribution in [0.25, 0.3) is 0 Å². The van der Waals surface area contributed by atoms with Gasteiger partial charge in [0.2, 0.25) is 5.82 Å². The number of rotatable bonds is 4. The first-order valence-corrected chi connectivity index (χ1v) is 6.39. The van der Waals surface area contributed by atoms with Crippen molar-refractivity contribution in [2.24, 2.45) is 0 Å².